The number of phenols is 1. The Morgan fingerprint density at radius 1 is 1.00 bits per heavy atom. The van der Waals surface area contributed by atoms with Gasteiger partial charge in [0.15, 0.2) is 11.5 Å². The minimum Gasteiger partial charge on any atom is -0.507 e. The van der Waals surface area contributed by atoms with E-state index in [9.17, 15) is 9.90 Å². The van der Waals surface area contributed by atoms with Crippen molar-refractivity contribution in [2.24, 2.45) is 0 Å². The van der Waals surface area contributed by atoms with Crippen LogP contribution in [0.1, 0.15) is 33.1 Å². The monoisotopic (exact) mass is 329 g/mol. The van der Waals surface area contributed by atoms with E-state index in [1.165, 1.54) is 13.2 Å². The Balaban J connectivity index is 2.23. The molecule has 1 unspecified atom stereocenters. The molecule has 1 amide bonds. The molecule has 24 heavy (non-hydrogen) atoms. The minimum absolute atomic E-state index is 0.108. The van der Waals surface area contributed by atoms with E-state index in [0.29, 0.717) is 22.8 Å². The summed E-state index contributed by atoms with van der Waals surface area (Å²) in [5.41, 5.74) is 2.62. The van der Waals surface area contributed by atoms with Crippen molar-refractivity contribution in [1.82, 2.24) is 5.32 Å². The highest BCUT2D eigenvalue weighted by atomic mass is 16.5. The zero-order chi connectivity index (χ0) is 17.4. The van der Waals surface area contributed by atoms with Gasteiger partial charge in [0.05, 0.1) is 32.9 Å². The van der Waals surface area contributed by atoms with E-state index in [2.05, 4.69) is 5.32 Å². The van der Waals surface area contributed by atoms with Crippen molar-refractivity contribution in [2.45, 2.75) is 13.0 Å². The summed E-state index contributed by atoms with van der Waals surface area (Å²) >= 11 is 0. The lowest BCUT2D eigenvalue weighted by atomic mass is 9.95. The fourth-order valence-corrected chi connectivity index (χ4v) is 3.09. The van der Waals surface area contributed by atoms with Gasteiger partial charge in [-0.3, -0.25) is 4.79 Å². The lowest BCUT2D eigenvalue weighted by Gasteiger charge is -2.19. The SMILES string of the molecule is COc1cc(O)c2c(c1)C(c1cc(C)cc(OC)c1OC)NC2=O. The molecule has 0 saturated heterocycles. The Bertz CT molecular complexity index is 816. The standard InChI is InChI=1S/C18H19NO5/c1-9-5-12(17(24-4)14(6-9)23-3)16-11-7-10(22-2)8-13(20)15(11)18(21)19-16/h5-8,16,20H,1-4H3,(H,19,21). The molecule has 0 spiro atoms. The van der Waals surface area contributed by atoms with Gasteiger partial charge in [0.1, 0.15) is 11.5 Å². The number of fused-ring (bicyclic) bond motifs is 1. The average molecular weight is 329 g/mol. The van der Waals surface area contributed by atoms with E-state index < -0.39 is 6.04 Å². The quantitative estimate of drug-likeness (QED) is 0.901. The molecule has 1 aliphatic heterocycles. The number of carbonyl (C=O) groups is 1. The van der Waals surface area contributed by atoms with Gasteiger partial charge in [0.2, 0.25) is 0 Å². The van der Waals surface area contributed by atoms with Gasteiger partial charge < -0.3 is 24.6 Å². The Hall–Kier alpha value is -2.89. The molecular formula is C18H19NO5. The molecule has 2 aromatic rings. The first-order chi connectivity index (χ1) is 11.5. The normalized spacial score (nSPS) is 15.7. The van der Waals surface area contributed by atoms with Gasteiger partial charge in [0, 0.05) is 11.6 Å². The number of phenolic OH excluding ortho intramolecular Hbond substituents is 1. The Labute approximate surface area is 140 Å². The van der Waals surface area contributed by atoms with E-state index in [4.69, 9.17) is 14.2 Å². The number of ether oxygens (including phenoxy) is 3. The third kappa shape index (κ3) is 2.40. The number of rotatable bonds is 4. The van der Waals surface area contributed by atoms with E-state index >= 15 is 0 Å². The van der Waals surface area contributed by atoms with Gasteiger partial charge in [-0.2, -0.15) is 0 Å². The van der Waals surface area contributed by atoms with Crippen LogP contribution in [0.3, 0.4) is 0 Å². The average Bonchev–Trinajstić information content (AvgIpc) is 2.90. The van der Waals surface area contributed by atoms with Crippen molar-refractivity contribution >= 4 is 5.91 Å². The molecule has 0 radical (unpaired) electrons. The van der Waals surface area contributed by atoms with Crippen LogP contribution in [-0.4, -0.2) is 32.3 Å². The van der Waals surface area contributed by atoms with Gasteiger partial charge in [-0.1, -0.05) is 0 Å². The molecule has 0 fully saturated rings. The number of aryl methyl sites for hydroxylation is 1. The smallest absolute Gasteiger partial charge is 0.256 e. The molecule has 126 valence electrons. The number of nitrogens with one attached hydrogen (secondary N) is 1. The predicted molar refractivity (Wildman–Crippen MR) is 88.3 cm³/mol. The maximum atomic E-state index is 12.3. The molecule has 0 bridgehead atoms. The number of benzene rings is 2. The third-order valence-corrected chi connectivity index (χ3v) is 4.13. The van der Waals surface area contributed by atoms with Crippen molar-refractivity contribution in [1.29, 1.82) is 0 Å². The zero-order valence-electron chi connectivity index (χ0n) is 14.0. The summed E-state index contributed by atoms with van der Waals surface area (Å²) in [6.07, 6.45) is 0. The van der Waals surface area contributed by atoms with Crippen LogP contribution in [0.4, 0.5) is 0 Å². The number of aromatic hydroxyl groups is 1. The molecule has 2 N–H and O–H groups in total. The second-order valence-electron chi connectivity index (χ2n) is 5.61. The molecular weight excluding hydrogens is 310 g/mol. The van der Waals surface area contributed by atoms with Crippen LogP contribution >= 0.6 is 0 Å². The Morgan fingerprint density at radius 2 is 1.75 bits per heavy atom. The summed E-state index contributed by atoms with van der Waals surface area (Å²) < 4.78 is 16.1. The first kappa shape index (κ1) is 16.0. The van der Waals surface area contributed by atoms with Gasteiger partial charge in [-0.25, -0.2) is 0 Å². The molecule has 1 aliphatic rings. The molecule has 3 rings (SSSR count). The number of hydrogen-bond donors (Lipinski definition) is 2. The molecule has 6 heteroatoms. The third-order valence-electron chi connectivity index (χ3n) is 4.13. The van der Waals surface area contributed by atoms with Gasteiger partial charge in [0.25, 0.3) is 5.91 Å². The van der Waals surface area contributed by atoms with Crippen molar-refractivity contribution in [2.75, 3.05) is 21.3 Å². The molecule has 0 aliphatic carbocycles. The van der Waals surface area contributed by atoms with E-state index in [0.717, 1.165) is 11.1 Å². The Kier molecular flexibility index (Phi) is 3.97. The first-order valence-corrected chi connectivity index (χ1v) is 7.44. The van der Waals surface area contributed by atoms with Crippen LogP contribution in [0.2, 0.25) is 0 Å². The second kappa shape index (κ2) is 5.96. The number of amides is 1. The summed E-state index contributed by atoms with van der Waals surface area (Å²) in [6, 6.07) is 6.50. The van der Waals surface area contributed by atoms with Crippen LogP contribution in [0.25, 0.3) is 0 Å². The molecule has 0 saturated carbocycles. The van der Waals surface area contributed by atoms with Gasteiger partial charge in [-0.15, -0.1) is 0 Å². The topological polar surface area (TPSA) is 77.0 Å². The van der Waals surface area contributed by atoms with E-state index in [-0.39, 0.29) is 17.2 Å². The van der Waals surface area contributed by atoms with Crippen molar-refractivity contribution < 1.29 is 24.1 Å². The van der Waals surface area contributed by atoms with Gasteiger partial charge in [-0.05, 0) is 36.2 Å². The van der Waals surface area contributed by atoms with Crippen LogP contribution in [-0.2, 0) is 0 Å². The van der Waals surface area contributed by atoms with E-state index in [1.54, 1.807) is 20.3 Å². The highest BCUT2D eigenvalue weighted by Crippen LogP contribution is 2.44. The summed E-state index contributed by atoms with van der Waals surface area (Å²) in [7, 11) is 4.63. The summed E-state index contributed by atoms with van der Waals surface area (Å²) in [5.74, 6) is 1.16. The number of methoxy groups -OCH3 is 3. The van der Waals surface area contributed by atoms with Gasteiger partial charge >= 0.3 is 0 Å². The molecule has 2 aromatic carbocycles. The molecule has 6 nitrogen and oxygen atoms in total. The lowest BCUT2D eigenvalue weighted by molar-refractivity contribution is 0.0958. The second-order valence-corrected chi connectivity index (χ2v) is 5.61. The zero-order valence-corrected chi connectivity index (χ0v) is 14.0. The summed E-state index contributed by atoms with van der Waals surface area (Å²) in [4.78, 5) is 12.3. The minimum atomic E-state index is -0.461. The Morgan fingerprint density at radius 3 is 2.38 bits per heavy atom. The van der Waals surface area contributed by atoms with E-state index in [1.807, 2.05) is 19.1 Å². The fraction of sp³-hybridized carbons (Fsp3) is 0.278. The lowest BCUT2D eigenvalue weighted by Crippen LogP contribution is -2.20. The first-order valence-electron chi connectivity index (χ1n) is 7.44. The maximum absolute atomic E-state index is 12.3. The maximum Gasteiger partial charge on any atom is 0.256 e. The predicted octanol–water partition coefficient (Wildman–Crippen LogP) is 2.56. The molecule has 1 atom stereocenters. The highest BCUT2D eigenvalue weighted by Gasteiger charge is 2.35. The van der Waals surface area contributed by atoms with Crippen molar-refractivity contribution in [3.63, 3.8) is 0 Å². The largest absolute Gasteiger partial charge is 0.507 e. The molecule has 1 heterocycles. The fourth-order valence-electron chi connectivity index (χ4n) is 3.09. The molecule has 0 aromatic heterocycles. The number of hydrogen-bond acceptors (Lipinski definition) is 5. The summed E-state index contributed by atoms with van der Waals surface area (Å²) in [6.45, 7) is 1.94. The van der Waals surface area contributed by atoms with Crippen LogP contribution in [0, 0.1) is 6.92 Å². The van der Waals surface area contributed by atoms with Crippen LogP contribution in [0.5, 0.6) is 23.0 Å². The van der Waals surface area contributed by atoms with Crippen LogP contribution in [0.15, 0.2) is 24.3 Å². The number of carbonyl (C=O) groups excluding carboxylic acids is 1. The van der Waals surface area contributed by atoms with Crippen LogP contribution < -0.4 is 19.5 Å². The van der Waals surface area contributed by atoms with Crippen molar-refractivity contribution in [3.8, 4) is 23.0 Å². The van der Waals surface area contributed by atoms with Crippen molar-refractivity contribution in [3.05, 3.63) is 46.5 Å². The summed E-state index contributed by atoms with van der Waals surface area (Å²) in [5, 5.41) is 13.1. The highest BCUT2D eigenvalue weighted by molar-refractivity contribution is 6.02.